The number of halogens is 2. The first-order chi connectivity index (χ1) is 12.0. The van der Waals surface area contributed by atoms with Crippen LogP contribution in [0, 0.1) is 0 Å². The minimum atomic E-state index is -0.0547. The van der Waals surface area contributed by atoms with E-state index in [2.05, 4.69) is 19.1 Å². The van der Waals surface area contributed by atoms with Gasteiger partial charge in [0.25, 0.3) is 0 Å². The number of quaternary nitrogens is 1. The maximum atomic E-state index is 12.2. The fourth-order valence-electron chi connectivity index (χ4n) is 3.49. The van der Waals surface area contributed by atoms with Gasteiger partial charge in [-0.25, -0.2) is 4.79 Å². The molecule has 1 aliphatic heterocycles. The summed E-state index contributed by atoms with van der Waals surface area (Å²) in [5, 5.41) is 0.820. The van der Waals surface area contributed by atoms with Crippen molar-refractivity contribution in [3.05, 3.63) is 46.5 Å². The molecule has 1 aliphatic rings. The van der Waals surface area contributed by atoms with Crippen LogP contribution < -0.4 is 12.4 Å². The average Bonchev–Trinajstić information content (AvgIpc) is 2.61. The second kappa shape index (κ2) is 11.6. The van der Waals surface area contributed by atoms with Crippen LogP contribution in [0.15, 0.2) is 35.9 Å². The van der Waals surface area contributed by atoms with Crippen molar-refractivity contribution < 1.29 is 26.4 Å². The molecule has 0 radical (unpaired) electrons. The third-order valence-corrected chi connectivity index (χ3v) is 5.32. The second-order valence-corrected chi connectivity index (χ2v) is 7.64. The van der Waals surface area contributed by atoms with Gasteiger partial charge in [-0.1, -0.05) is 42.3 Å². The van der Waals surface area contributed by atoms with Crippen molar-refractivity contribution >= 4 is 17.6 Å². The number of carbonyl (C=O) groups is 1. The van der Waals surface area contributed by atoms with Crippen LogP contribution in [0.3, 0.4) is 0 Å². The van der Waals surface area contributed by atoms with E-state index in [0.29, 0.717) is 13.2 Å². The molecule has 0 spiro atoms. The highest BCUT2D eigenvalue weighted by Gasteiger charge is 2.32. The molecule has 0 aromatic heterocycles. The number of ether oxygens (including phenoxy) is 1. The van der Waals surface area contributed by atoms with Crippen molar-refractivity contribution in [2.75, 3.05) is 32.8 Å². The zero-order valence-electron chi connectivity index (χ0n) is 16.0. The number of esters is 1. The molecule has 0 unspecified atom stereocenters. The van der Waals surface area contributed by atoms with Gasteiger partial charge in [0, 0.05) is 5.02 Å². The Balaban J connectivity index is 0.00000338. The summed E-state index contributed by atoms with van der Waals surface area (Å²) in [5.74, 6) is -0.0547. The molecule has 26 heavy (non-hydrogen) atoms. The number of carbonyl (C=O) groups excluding carboxylic acids is 1. The lowest BCUT2D eigenvalue weighted by Crippen LogP contribution is -3.00. The molecular weight excluding hydrogens is 369 g/mol. The summed E-state index contributed by atoms with van der Waals surface area (Å²) < 4.78 is 6.18. The van der Waals surface area contributed by atoms with E-state index in [-0.39, 0.29) is 18.4 Å². The molecule has 0 atom stereocenters. The predicted molar refractivity (Wildman–Crippen MR) is 104 cm³/mol. The molecular formula is C21H31Cl2NO2. The van der Waals surface area contributed by atoms with Crippen molar-refractivity contribution in [1.29, 1.82) is 0 Å². The Hall–Kier alpha value is -1.03. The van der Waals surface area contributed by atoms with Gasteiger partial charge in [0.2, 0.25) is 0 Å². The van der Waals surface area contributed by atoms with Gasteiger partial charge in [0.05, 0.1) is 26.2 Å². The van der Waals surface area contributed by atoms with Gasteiger partial charge in [-0.05, 0) is 56.7 Å². The fourth-order valence-corrected chi connectivity index (χ4v) is 3.69. The average molecular weight is 400 g/mol. The summed E-state index contributed by atoms with van der Waals surface area (Å²) >= 11 is 6.27. The summed E-state index contributed by atoms with van der Waals surface area (Å²) in [4.78, 5) is 12.2. The molecule has 1 aromatic carbocycles. The Morgan fingerprint density at radius 2 is 1.92 bits per heavy atom. The van der Waals surface area contributed by atoms with Gasteiger partial charge in [-0.15, -0.1) is 0 Å². The summed E-state index contributed by atoms with van der Waals surface area (Å²) in [6, 6.07) is 8.00. The second-order valence-electron chi connectivity index (χ2n) is 7.23. The minimum absolute atomic E-state index is 0. The predicted octanol–water partition coefficient (Wildman–Crippen LogP) is 1.79. The first-order valence-electron chi connectivity index (χ1n) is 9.44. The molecule has 0 saturated carbocycles. The first-order valence-corrected chi connectivity index (χ1v) is 9.82. The highest BCUT2D eigenvalue weighted by molar-refractivity contribution is 6.31. The van der Waals surface area contributed by atoms with Gasteiger partial charge in [-0.2, -0.15) is 0 Å². The summed E-state index contributed by atoms with van der Waals surface area (Å²) in [6.45, 7) is 8.24. The van der Waals surface area contributed by atoms with Crippen LogP contribution >= 0.6 is 11.6 Å². The number of piperidine rings is 1. The molecule has 1 saturated heterocycles. The van der Waals surface area contributed by atoms with Crippen LogP contribution in [-0.4, -0.2) is 43.2 Å². The summed E-state index contributed by atoms with van der Waals surface area (Å²) in [7, 11) is 0. The van der Waals surface area contributed by atoms with E-state index >= 15 is 0 Å². The highest BCUT2D eigenvalue weighted by Crippen LogP contribution is 2.22. The number of hydrogen-bond donors (Lipinski definition) is 0. The maximum absolute atomic E-state index is 12.2. The quantitative estimate of drug-likeness (QED) is 0.378. The number of hydrogen-bond acceptors (Lipinski definition) is 2. The number of allylic oxidation sites excluding steroid dienone is 1. The number of likely N-dealkylation sites (tertiary alicyclic amines) is 1. The van der Waals surface area contributed by atoms with Crippen molar-refractivity contribution in [1.82, 2.24) is 0 Å². The number of rotatable bonds is 8. The van der Waals surface area contributed by atoms with E-state index in [1.165, 1.54) is 24.8 Å². The van der Waals surface area contributed by atoms with Gasteiger partial charge in [0.15, 0.2) is 6.54 Å². The first kappa shape index (κ1) is 23.0. The molecule has 146 valence electrons. The monoisotopic (exact) mass is 399 g/mol. The molecule has 5 heteroatoms. The van der Waals surface area contributed by atoms with E-state index in [0.717, 1.165) is 47.5 Å². The Labute approximate surface area is 169 Å². The Kier molecular flexibility index (Phi) is 10.3. The lowest BCUT2D eigenvalue weighted by Gasteiger charge is -2.40. The Morgan fingerprint density at radius 1 is 1.23 bits per heavy atom. The van der Waals surface area contributed by atoms with E-state index in [9.17, 15) is 4.79 Å². The topological polar surface area (TPSA) is 26.3 Å². The van der Waals surface area contributed by atoms with Crippen molar-refractivity contribution in [3.63, 3.8) is 0 Å². The Morgan fingerprint density at radius 3 is 2.58 bits per heavy atom. The molecule has 0 N–H and O–H groups in total. The molecule has 1 heterocycles. The molecule has 1 fully saturated rings. The van der Waals surface area contributed by atoms with Crippen LogP contribution in [0.25, 0.3) is 0 Å². The SMILES string of the molecule is CCCOC(=O)C[N+]1(C/C=C(/C)Cc2ccccc2Cl)CCCCC1.[Cl-]. The van der Waals surface area contributed by atoms with Crippen LogP contribution in [0.1, 0.15) is 45.1 Å². The van der Waals surface area contributed by atoms with Gasteiger partial charge < -0.3 is 21.6 Å². The smallest absolute Gasteiger partial charge is 0.361 e. The zero-order chi connectivity index (χ0) is 18.1. The van der Waals surface area contributed by atoms with Gasteiger partial charge in [-0.3, -0.25) is 0 Å². The number of benzene rings is 1. The highest BCUT2D eigenvalue weighted by atomic mass is 35.5. The normalized spacial score (nSPS) is 16.7. The van der Waals surface area contributed by atoms with Gasteiger partial charge >= 0.3 is 5.97 Å². The summed E-state index contributed by atoms with van der Waals surface area (Å²) in [6.07, 6.45) is 7.69. The standard InChI is InChI=1S/C21H31ClNO2.ClH/c1-3-15-25-21(24)17-23(12-7-4-8-13-23)14-11-18(2)16-19-9-5-6-10-20(19)22;/h5-6,9-11H,3-4,7-8,12-17H2,1-2H3;1H/q+1;/p-1/b18-11-;. The van der Waals surface area contributed by atoms with Crippen molar-refractivity contribution in [2.45, 2.75) is 46.0 Å². The minimum Gasteiger partial charge on any atom is -1.00 e. The molecule has 3 nitrogen and oxygen atoms in total. The largest absolute Gasteiger partial charge is 1.00 e. The number of nitrogens with zero attached hydrogens (tertiary/aromatic N) is 1. The lowest BCUT2D eigenvalue weighted by molar-refractivity contribution is -0.920. The van der Waals surface area contributed by atoms with E-state index in [4.69, 9.17) is 16.3 Å². The van der Waals surface area contributed by atoms with E-state index < -0.39 is 0 Å². The van der Waals surface area contributed by atoms with E-state index in [1.807, 2.05) is 25.1 Å². The van der Waals surface area contributed by atoms with Crippen LogP contribution in [0.2, 0.25) is 5.02 Å². The van der Waals surface area contributed by atoms with Crippen LogP contribution in [-0.2, 0) is 16.0 Å². The maximum Gasteiger partial charge on any atom is 0.361 e. The third kappa shape index (κ3) is 7.30. The third-order valence-electron chi connectivity index (χ3n) is 4.95. The Bertz CT molecular complexity index is 595. The van der Waals surface area contributed by atoms with Crippen molar-refractivity contribution in [3.8, 4) is 0 Å². The molecule has 2 rings (SSSR count). The summed E-state index contributed by atoms with van der Waals surface area (Å²) in [5.41, 5.74) is 2.46. The van der Waals surface area contributed by atoms with Gasteiger partial charge in [0.1, 0.15) is 0 Å². The van der Waals surface area contributed by atoms with Crippen LogP contribution in [0.5, 0.6) is 0 Å². The van der Waals surface area contributed by atoms with Crippen molar-refractivity contribution in [2.24, 2.45) is 0 Å². The molecule has 0 amide bonds. The fraction of sp³-hybridized carbons (Fsp3) is 0.571. The molecule has 0 bridgehead atoms. The van der Waals surface area contributed by atoms with E-state index in [1.54, 1.807) is 0 Å². The zero-order valence-corrected chi connectivity index (χ0v) is 17.5. The van der Waals surface area contributed by atoms with Crippen LogP contribution in [0.4, 0.5) is 0 Å². The lowest BCUT2D eigenvalue weighted by atomic mass is 10.0. The molecule has 0 aliphatic carbocycles. The molecule has 1 aromatic rings.